The van der Waals surface area contributed by atoms with Gasteiger partial charge in [0, 0.05) is 6.54 Å². The van der Waals surface area contributed by atoms with E-state index in [-0.39, 0.29) is 0 Å². The second-order valence-corrected chi connectivity index (χ2v) is 5.55. The fourth-order valence-corrected chi connectivity index (χ4v) is 2.75. The van der Waals surface area contributed by atoms with Crippen LogP contribution in [-0.4, -0.2) is 19.6 Å². The first-order valence-corrected chi connectivity index (χ1v) is 7.47. The molecule has 1 heterocycles. The van der Waals surface area contributed by atoms with Crippen LogP contribution < -0.4 is 10.6 Å². The van der Waals surface area contributed by atoms with Gasteiger partial charge in [0.15, 0.2) is 0 Å². The lowest BCUT2D eigenvalue weighted by atomic mass is 10.0. The minimum atomic E-state index is 0.804. The summed E-state index contributed by atoms with van der Waals surface area (Å²) in [6, 6.07) is 19.4. The second kappa shape index (κ2) is 6.69. The molecule has 2 aromatic rings. The van der Waals surface area contributed by atoms with Crippen molar-refractivity contribution in [2.24, 2.45) is 5.92 Å². The van der Waals surface area contributed by atoms with Crippen molar-refractivity contribution in [3.8, 4) is 11.1 Å². The highest BCUT2D eigenvalue weighted by Crippen LogP contribution is 2.19. The van der Waals surface area contributed by atoms with Gasteiger partial charge in [0.25, 0.3) is 0 Å². The number of hydrogen-bond donors (Lipinski definition) is 2. The van der Waals surface area contributed by atoms with Crippen molar-refractivity contribution in [3.05, 3.63) is 60.2 Å². The zero-order chi connectivity index (χ0) is 13.6. The van der Waals surface area contributed by atoms with Crippen LogP contribution in [-0.2, 0) is 6.54 Å². The summed E-state index contributed by atoms with van der Waals surface area (Å²) in [5, 5.41) is 6.97. The van der Waals surface area contributed by atoms with Gasteiger partial charge < -0.3 is 10.6 Å². The third-order valence-corrected chi connectivity index (χ3v) is 3.99. The van der Waals surface area contributed by atoms with Crippen LogP contribution in [0.15, 0.2) is 54.6 Å². The fourth-order valence-electron chi connectivity index (χ4n) is 2.75. The third-order valence-electron chi connectivity index (χ3n) is 3.99. The molecule has 1 fully saturated rings. The summed E-state index contributed by atoms with van der Waals surface area (Å²) >= 11 is 0. The minimum absolute atomic E-state index is 0.804. The number of rotatable bonds is 5. The standard InChI is InChI=1S/C18H22N2/c1-2-4-17(5-3-1)18-8-6-15(7-9-18)12-20-14-16-10-11-19-13-16/h1-9,16,19-20H,10-14H2. The van der Waals surface area contributed by atoms with E-state index in [0.717, 1.165) is 19.0 Å². The number of nitrogens with one attached hydrogen (secondary N) is 2. The highest BCUT2D eigenvalue weighted by molar-refractivity contribution is 5.63. The van der Waals surface area contributed by atoms with E-state index in [0.29, 0.717) is 0 Å². The van der Waals surface area contributed by atoms with Crippen LogP contribution in [0.4, 0.5) is 0 Å². The van der Waals surface area contributed by atoms with Crippen molar-refractivity contribution in [1.29, 1.82) is 0 Å². The van der Waals surface area contributed by atoms with E-state index in [1.807, 2.05) is 0 Å². The number of benzene rings is 2. The van der Waals surface area contributed by atoms with Crippen LogP contribution in [0.5, 0.6) is 0 Å². The Balaban J connectivity index is 1.53. The lowest BCUT2D eigenvalue weighted by Gasteiger charge is -2.10. The Bertz CT molecular complexity index is 513. The molecule has 0 amide bonds. The maximum Gasteiger partial charge on any atom is 0.0205 e. The second-order valence-electron chi connectivity index (χ2n) is 5.55. The Morgan fingerprint density at radius 3 is 2.40 bits per heavy atom. The predicted octanol–water partition coefficient (Wildman–Crippen LogP) is 3.05. The molecule has 2 nitrogen and oxygen atoms in total. The van der Waals surface area contributed by atoms with Crippen LogP contribution in [0.25, 0.3) is 11.1 Å². The zero-order valence-electron chi connectivity index (χ0n) is 11.8. The molecule has 0 saturated carbocycles. The molecular weight excluding hydrogens is 244 g/mol. The smallest absolute Gasteiger partial charge is 0.0205 e. The SMILES string of the molecule is c1ccc(-c2ccc(CNCC3CCNC3)cc2)cc1. The van der Waals surface area contributed by atoms with Crippen LogP contribution in [0, 0.1) is 5.92 Å². The summed E-state index contributed by atoms with van der Waals surface area (Å²) < 4.78 is 0. The number of hydrogen-bond acceptors (Lipinski definition) is 2. The average Bonchev–Trinajstić information content (AvgIpc) is 3.02. The predicted molar refractivity (Wildman–Crippen MR) is 84.6 cm³/mol. The maximum absolute atomic E-state index is 3.56. The van der Waals surface area contributed by atoms with Crippen molar-refractivity contribution in [2.45, 2.75) is 13.0 Å². The van der Waals surface area contributed by atoms with Gasteiger partial charge in [0.1, 0.15) is 0 Å². The Morgan fingerprint density at radius 1 is 0.950 bits per heavy atom. The third kappa shape index (κ3) is 3.47. The average molecular weight is 266 g/mol. The first-order valence-electron chi connectivity index (χ1n) is 7.47. The molecule has 1 aliphatic rings. The first kappa shape index (κ1) is 13.3. The van der Waals surface area contributed by atoms with E-state index in [2.05, 4.69) is 65.2 Å². The van der Waals surface area contributed by atoms with E-state index in [9.17, 15) is 0 Å². The van der Waals surface area contributed by atoms with Crippen molar-refractivity contribution < 1.29 is 0 Å². The summed E-state index contributed by atoms with van der Waals surface area (Å²) in [5.74, 6) is 0.804. The minimum Gasteiger partial charge on any atom is -0.316 e. The van der Waals surface area contributed by atoms with Gasteiger partial charge in [-0.3, -0.25) is 0 Å². The Hall–Kier alpha value is -1.64. The molecule has 0 radical (unpaired) electrons. The van der Waals surface area contributed by atoms with E-state index < -0.39 is 0 Å². The van der Waals surface area contributed by atoms with Crippen molar-refractivity contribution in [1.82, 2.24) is 10.6 Å². The van der Waals surface area contributed by atoms with Gasteiger partial charge in [-0.1, -0.05) is 54.6 Å². The molecule has 104 valence electrons. The molecule has 0 aliphatic carbocycles. The van der Waals surface area contributed by atoms with E-state index >= 15 is 0 Å². The molecule has 1 aliphatic heterocycles. The van der Waals surface area contributed by atoms with Crippen molar-refractivity contribution in [2.75, 3.05) is 19.6 Å². The van der Waals surface area contributed by atoms with Gasteiger partial charge >= 0.3 is 0 Å². The summed E-state index contributed by atoms with van der Waals surface area (Å²) in [5.41, 5.74) is 3.93. The van der Waals surface area contributed by atoms with Gasteiger partial charge in [0.2, 0.25) is 0 Å². The topological polar surface area (TPSA) is 24.1 Å². The van der Waals surface area contributed by atoms with Crippen LogP contribution in [0.1, 0.15) is 12.0 Å². The highest BCUT2D eigenvalue weighted by atomic mass is 14.9. The van der Waals surface area contributed by atoms with Gasteiger partial charge in [-0.25, -0.2) is 0 Å². The van der Waals surface area contributed by atoms with Crippen molar-refractivity contribution in [3.63, 3.8) is 0 Å². The first-order chi connectivity index (χ1) is 9.92. The molecule has 0 aromatic heterocycles. The monoisotopic (exact) mass is 266 g/mol. The zero-order valence-corrected chi connectivity index (χ0v) is 11.8. The molecule has 20 heavy (non-hydrogen) atoms. The van der Waals surface area contributed by atoms with E-state index in [1.54, 1.807) is 0 Å². The molecule has 3 rings (SSSR count). The molecule has 0 spiro atoms. The Labute approximate surface area is 121 Å². The molecule has 2 N–H and O–H groups in total. The molecule has 1 unspecified atom stereocenters. The largest absolute Gasteiger partial charge is 0.316 e. The van der Waals surface area contributed by atoms with Gasteiger partial charge in [0.05, 0.1) is 0 Å². The molecule has 2 heteroatoms. The summed E-state index contributed by atoms with van der Waals surface area (Å²) in [4.78, 5) is 0. The highest BCUT2D eigenvalue weighted by Gasteiger charge is 2.13. The normalized spacial score (nSPS) is 18.3. The van der Waals surface area contributed by atoms with Crippen molar-refractivity contribution >= 4 is 0 Å². The Kier molecular flexibility index (Phi) is 4.46. The Morgan fingerprint density at radius 2 is 1.70 bits per heavy atom. The molecule has 1 saturated heterocycles. The summed E-state index contributed by atoms with van der Waals surface area (Å²) in [7, 11) is 0. The van der Waals surface area contributed by atoms with Gasteiger partial charge in [-0.05, 0) is 48.7 Å². The molecular formula is C18H22N2. The lowest BCUT2D eigenvalue weighted by Crippen LogP contribution is -2.23. The maximum atomic E-state index is 3.56. The van der Waals surface area contributed by atoms with E-state index in [4.69, 9.17) is 0 Å². The molecule has 0 bridgehead atoms. The van der Waals surface area contributed by atoms with Crippen LogP contribution in [0.2, 0.25) is 0 Å². The summed E-state index contributed by atoms with van der Waals surface area (Å²) in [6.45, 7) is 4.43. The van der Waals surface area contributed by atoms with Crippen LogP contribution >= 0.6 is 0 Å². The fraction of sp³-hybridized carbons (Fsp3) is 0.333. The molecule has 1 atom stereocenters. The van der Waals surface area contributed by atoms with Gasteiger partial charge in [-0.2, -0.15) is 0 Å². The quantitative estimate of drug-likeness (QED) is 0.869. The lowest BCUT2D eigenvalue weighted by molar-refractivity contribution is 0.513. The van der Waals surface area contributed by atoms with Gasteiger partial charge in [-0.15, -0.1) is 0 Å². The van der Waals surface area contributed by atoms with E-state index in [1.165, 1.54) is 36.2 Å². The van der Waals surface area contributed by atoms with Crippen LogP contribution in [0.3, 0.4) is 0 Å². The summed E-state index contributed by atoms with van der Waals surface area (Å²) in [6.07, 6.45) is 1.31. The molecule has 2 aromatic carbocycles.